The molecule has 0 atom stereocenters. The Hall–Kier alpha value is -2.87. The fourth-order valence-corrected chi connectivity index (χ4v) is 2.75. The molecule has 0 bridgehead atoms. The standard InChI is InChI=1S/C15H11N3O4S/c19-13(12-2-1-7-23-12)16-15-18-17-14(22-15)9-3-4-10-11(8-9)21-6-5-20-10/h1-4,7-8H,5-6H2,(H,16,18,19). The minimum Gasteiger partial charge on any atom is -0.486 e. The van der Waals surface area contributed by atoms with E-state index in [2.05, 4.69) is 15.5 Å². The fourth-order valence-electron chi connectivity index (χ4n) is 2.13. The second-order valence-electron chi connectivity index (χ2n) is 4.70. The van der Waals surface area contributed by atoms with Crippen LogP contribution in [-0.4, -0.2) is 29.3 Å². The van der Waals surface area contributed by atoms with Gasteiger partial charge in [-0.2, -0.15) is 0 Å². The number of thiophene rings is 1. The summed E-state index contributed by atoms with van der Waals surface area (Å²) in [4.78, 5) is 12.5. The van der Waals surface area contributed by atoms with Gasteiger partial charge in [-0.1, -0.05) is 11.2 Å². The number of amides is 1. The highest BCUT2D eigenvalue weighted by molar-refractivity contribution is 7.12. The molecule has 4 rings (SSSR count). The Balaban J connectivity index is 1.55. The van der Waals surface area contributed by atoms with Crippen molar-refractivity contribution in [2.75, 3.05) is 18.5 Å². The smallest absolute Gasteiger partial charge is 0.322 e. The first kappa shape index (κ1) is 13.8. The topological polar surface area (TPSA) is 86.5 Å². The molecule has 1 aliphatic rings. The van der Waals surface area contributed by atoms with Crippen LogP contribution in [0.2, 0.25) is 0 Å². The summed E-state index contributed by atoms with van der Waals surface area (Å²) in [5.41, 5.74) is 0.693. The first-order chi connectivity index (χ1) is 11.3. The third-order valence-electron chi connectivity index (χ3n) is 3.18. The second-order valence-corrected chi connectivity index (χ2v) is 5.65. The summed E-state index contributed by atoms with van der Waals surface area (Å²) in [5, 5.41) is 12.2. The molecular formula is C15H11N3O4S. The number of aromatic nitrogens is 2. The maximum Gasteiger partial charge on any atom is 0.322 e. The van der Waals surface area contributed by atoms with Crippen LogP contribution in [0.5, 0.6) is 11.5 Å². The van der Waals surface area contributed by atoms with Gasteiger partial charge >= 0.3 is 6.01 Å². The summed E-state index contributed by atoms with van der Waals surface area (Å²) >= 11 is 1.34. The number of nitrogens with one attached hydrogen (secondary N) is 1. The Bertz CT molecular complexity index is 844. The first-order valence-corrected chi connectivity index (χ1v) is 7.76. The van der Waals surface area contributed by atoms with Gasteiger partial charge in [0.05, 0.1) is 4.88 Å². The molecule has 0 saturated heterocycles. The van der Waals surface area contributed by atoms with Crippen LogP contribution < -0.4 is 14.8 Å². The van der Waals surface area contributed by atoms with Gasteiger partial charge in [0.25, 0.3) is 5.91 Å². The first-order valence-electron chi connectivity index (χ1n) is 6.88. The number of hydrogen-bond donors (Lipinski definition) is 1. The summed E-state index contributed by atoms with van der Waals surface area (Å²) in [6.07, 6.45) is 0. The molecule has 2 aromatic heterocycles. The van der Waals surface area contributed by atoms with E-state index in [1.807, 2.05) is 5.38 Å². The van der Waals surface area contributed by atoms with Crippen molar-refractivity contribution in [1.82, 2.24) is 10.2 Å². The second kappa shape index (κ2) is 5.73. The molecule has 1 aliphatic heterocycles. The van der Waals surface area contributed by atoms with E-state index < -0.39 is 0 Å². The van der Waals surface area contributed by atoms with Gasteiger partial charge in [-0.25, -0.2) is 0 Å². The number of nitrogens with zero attached hydrogens (tertiary/aromatic N) is 2. The van der Waals surface area contributed by atoms with Gasteiger partial charge in [-0.3, -0.25) is 10.1 Å². The minimum atomic E-state index is -0.280. The Morgan fingerprint density at radius 3 is 2.83 bits per heavy atom. The third-order valence-corrected chi connectivity index (χ3v) is 4.05. The third kappa shape index (κ3) is 2.76. The van der Waals surface area contributed by atoms with Crippen molar-refractivity contribution < 1.29 is 18.7 Å². The maximum atomic E-state index is 11.9. The highest BCUT2D eigenvalue weighted by atomic mass is 32.1. The van der Waals surface area contributed by atoms with E-state index in [0.717, 1.165) is 0 Å². The van der Waals surface area contributed by atoms with Crippen LogP contribution in [0.25, 0.3) is 11.5 Å². The zero-order valence-corrected chi connectivity index (χ0v) is 12.6. The van der Waals surface area contributed by atoms with E-state index in [-0.39, 0.29) is 11.9 Å². The highest BCUT2D eigenvalue weighted by Gasteiger charge is 2.17. The van der Waals surface area contributed by atoms with Gasteiger partial charge in [-0.15, -0.1) is 16.4 Å². The van der Waals surface area contributed by atoms with E-state index in [1.54, 1.807) is 30.3 Å². The number of carbonyl (C=O) groups excluding carboxylic acids is 1. The van der Waals surface area contributed by atoms with Gasteiger partial charge in [-0.05, 0) is 29.6 Å². The zero-order chi connectivity index (χ0) is 15.6. The van der Waals surface area contributed by atoms with Crippen LogP contribution in [0, 0.1) is 0 Å². The van der Waals surface area contributed by atoms with Crippen molar-refractivity contribution in [1.29, 1.82) is 0 Å². The van der Waals surface area contributed by atoms with Crippen LogP contribution in [-0.2, 0) is 0 Å². The molecule has 116 valence electrons. The number of rotatable bonds is 3. The average molecular weight is 329 g/mol. The average Bonchev–Trinajstić information content (AvgIpc) is 3.26. The van der Waals surface area contributed by atoms with Crippen LogP contribution >= 0.6 is 11.3 Å². The molecule has 0 unspecified atom stereocenters. The van der Waals surface area contributed by atoms with E-state index in [4.69, 9.17) is 13.9 Å². The zero-order valence-electron chi connectivity index (χ0n) is 11.8. The number of ether oxygens (including phenoxy) is 2. The van der Waals surface area contributed by atoms with Crippen LogP contribution in [0.15, 0.2) is 40.1 Å². The van der Waals surface area contributed by atoms with Gasteiger partial charge in [0, 0.05) is 5.56 Å². The summed E-state index contributed by atoms with van der Waals surface area (Å²) in [7, 11) is 0. The Morgan fingerprint density at radius 2 is 2.00 bits per heavy atom. The monoisotopic (exact) mass is 329 g/mol. The van der Waals surface area contributed by atoms with E-state index >= 15 is 0 Å². The summed E-state index contributed by atoms with van der Waals surface area (Å²) in [6, 6.07) is 8.93. The molecule has 23 heavy (non-hydrogen) atoms. The number of carbonyl (C=O) groups is 1. The molecule has 0 saturated carbocycles. The number of benzene rings is 1. The highest BCUT2D eigenvalue weighted by Crippen LogP contribution is 2.34. The van der Waals surface area contributed by atoms with Gasteiger partial charge in [0.15, 0.2) is 11.5 Å². The van der Waals surface area contributed by atoms with Crippen molar-refractivity contribution in [3.8, 4) is 23.0 Å². The molecular weight excluding hydrogens is 318 g/mol. The molecule has 1 N–H and O–H groups in total. The quantitative estimate of drug-likeness (QED) is 0.795. The van der Waals surface area contributed by atoms with Crippen molar-refractivity contribution in [2.45, 2.75) is 0 Å². The minimum absolute atomic E-state index is 0.0493. The Kier molecular flexibility index (Phi) is 3.43. The molecule has 8 heteroatoms. The predicted octanol–water partition coefficient (Wildman–Crippen LogP) is 2.82. The largest absolute Gasteiger partial charge is 0.486 e. The van der Waals surface area contributed by atoms with E-state index in [1.165, 1.54) is 11.3 Å². The predicted molar refractivity (Wildman–Crippen MR) is 83.0 cm³/mol. The molecule has 0 fully saturated rings. The van der Waals surface area contributed by atoms with Crippen molar-refractivity contribution in [2.24, 2.45) is 0 Å². The van der Waals surface area contributed by atoms with E-state index in [9.17, 15) is 4.79 Å². The Morgan fingerprint density at radius 1 is 1.13 bits per heavy atom. The van der Waals surface area contributed by atoms with Gasteiger partial charge in [0.1, 0.15) is 13.2 Å². The molecule has 3 aromatic rings. The lowest BCUT2D eigenvalue weighted by Gasteiger charge is -2.18. The van der Waals surface area contributed by atoms with Crippen molar-refractivity contribution in [3.05, 3.63) is 40.6 Å². The summed E-state index contributed by atoms with van der Waals surface area (Å²) in [5.74, 6) is 1.34. The molecule has 1 aromatic carbocycles. The fraction of sp³-hybridized carbons (Fsp3) is 0.133. The molecule has 0 spiro atoms. The number of hydrogen-bond acceptors (Lipinski definition) is 7. The molecule has 3 heterocycles. The summed E-state index contributed by atoms with van der Waals surface area (Å²) < 4.78 is 16.5. The van der Waals surface area contributed by atoms with Gasteiger partial charge in [0.2, 0.25) is 5.89 Å². The molecule has 0 radical (unpaired) electrons. The van der Waals surface area contributed by atoms with Gasteiger partial charge < -0.3 is 13.9 Å². The van der Waals surface area contributed by atoms with Crippen molar-refractivity contribution >= 4 is 23.3 Å². The lowest BCUT2D eigenvalue weighted by molar-refractivity contribution is 0.102. The van der Waals surface area contributed by atoms with Crippen LogP contribution in [0.4, 0.5) is 6.01 Å². The molecule has 1 amide bonds. The van der Waals surface area contributed by atoms with Crippen LogP contribution in [0.1, 0.15) is 9.67 Å². The lowest BCUT2D eigenvalue weighted by Crippen LogP contribution is -2.15. The van der Waals surface area contributed by atoms with Crippen LogP contribution in [0.3, 0.4) is 0 Å². The number of fused-ring (bicyclic) bond motifs is 1. The maximum absolute atomic E-state index is 11.9. The van der Waals surface area contributed by atoms with Crippen molar-refractivity contribution in [3.63, 3.8) is 0 Å². The SMILES string of the molecule is O=C(Nc1nnc(-c2ccc3c(c2)OCCO3)o1)c1cccs1. The number of anilines is 1. The lowest BCUT2D eigenvalue weighted by atomic mass is 10.2. The Labute approximate surface area is 134 Å². The molecule has 7 nitrogen and oxygen atoms in total. The summed E-state index contributed by atoms with van der Waals surface area (Å²) in [6.45, 7) is 1.04. The molecule has 0 aliphatic carbocycles. The normalized spacial score (nSPS) is 12.9. The van der Waals surface area contributed by atoms with E-state index in [0.29, 0.717) is 41.0 Å².